The van der Waals surface area contributed by atoms with Gasteiger partial charge in [0.2, 0.25) is 0 Å². The molecule has 0 aliphatic carbocycles. The molecule has 162 valence electrons. The molecule has 0 unspecified atom stereocenters. The zero-order valence-corrected chi connectivity index (χ0v) is 18.7. The van der Waals surface area contributed by atoms with Crippen LogP contribution in [-0.4, -0.2) is 26.8 Å². The van der Waals surface area contributed by atoms with E-state index in [0.717, 1.165) is 32.5 Å². The SMILES string of the molecule is CN(C)S(=O)(=O)Oc1ccc(-c2ccc(N(c3ccccc3)c3ccccc3)cc2)cc1. The summed E-state index contributed by atoms with van der Waals surface area (Å²) in [7, 11) is -0.909. The average molecular weight is 445 g/mol. The fourth-order valence-corrected chi connectivity index (χ4v) is 3.81. The molecule has 0 aliphatic rings. The molecule has 5 nitrogen and oxygen atoms in total. The summed E-state index contributed by atoms with van der Waals surface area (Å²) in [6, 6.07) is 35.7. The van der Waals surface area contributed by atoms with E-state index >= 15 is 0 Å². The van der Waals surface area contributed by atoms with Crippen LogP contribution < -0.4 is 9.08 Å². The van der Waals surface area contributed by atoms with Crippen LogP contribution in [0.5, 0.6) is 5.75 Å². The molecule has 0 saturated heterocycles. The Balaban J connectivity index is 1.60. The third kappa shape index (κ3) is 4.82. The molecule has 0 spiro atoms. The maximum absolute atomic E-state index is 11.9. The predicted octanol–water partition coefficient (Wildman–Crippen LogP) is 6.01. The van der Waals surface area contributed by atoms with Crippen LogP contribution in [0.2, 0.25) is 0 Å². The highest BCUT2D eigenvalue weighted by Gasteiger charge is 2.16. The van der Waals surface area contributed by atoms with Crippen molar-refractivity contribution in [2.75, 3.05) is 19.0 Å². The van der Waals surface area contributed by atoms with Crippen LogP contribution in [0.1, 0.15) is 0 Å². The molecule has 0 fully saturated rings. The Labute approximate surface area is 189 Å². The first-order valence-electron chi connectivity index (χ1n) is 10.2. The molecule has 6 heteroatoms. The van der Waals surface area contributed by atoms with Gasteiger partial charge in [0.15, 0.2) is 0 Å². The molecule has 0 heterocycles. The smallest absolute Gasteiger partial charge is 0.371 e. The van der Waals surface area contributed by atoms with Crippen molar-refractivity contribution >= 4 is 27.4 Å². The lowest BCUT2D eigenvalue weighted by atomic mass is 10.0. The minimum absolute atomic E-state index is 0.276. The molecule has 0 N–H and O–H groups in total. The van der Waals surface area contributed by atoms with E-state index in [9.17, 15) is 8.42 Å². The Morgan fingerprint density at radius 1 is 0.562 bits per heavy atom. The van der Waals surface area contributed by atoms with Gasteiger partial charge >= 0.3 is 10.3 Å². The van der Waals surface area contributed by atoms with Crippen LogP contribution >= 0.6 is 0 Å². The fraction of sp³-hybridized carbons (Fsp3) is 0.0769. The van der Waals surface area contributed by atoms with Crippen LogP contribution in [0.3, 0.4) is 0 Å². The van der Waals surface area contributed by atoms with Crippen LogP contribution in [0, 0.1) is 0 Å². The van der Waals surface area contributed by atoms with E-state index in [2.05, 4.69) is 53.4 Å². The van der Waals surface area contributed by atoms with E-state index < -0.39 is 10.3 Å². The molecule has 0 saturated carbocycles. The van der Waals surface area contributed by atoms with Crippen molar-refractivity contribution in [3.8, 4) is 16.9 Å². The summed E-state index contributed by atoms with van der Waals surface area (Å²) < 4.78 is 29.9. The predicted molar refractivity (Wildman–Crippen MR) is 130 cm³/mol. The van der Waals surface area contributed by atoms with Gasteiger partial charge in [-0.3, -0.25) is 0 Å². The lowest BCUT2D eigenvalue weighted by molar-refractivity contribution is 0.421. The molecular weight excluding hydrogens is 420 g/mol. The van der Waals surface area contributed by atoms with Crippen LogP contribution in [-0.2, 0) is 10.3 Å². The normalized spacial score (nSPS) is 11.3. The number of hydrogen-bond acceptors (Lipinski definition) is 4. The van der Waals surface area contributed by atoms with Gasteiger partial charge in [0, 0.05) is 31.2 Å². The Kier molecular flexibility index (Phi) is 6.25. The van der Waals surface area contributed by atoms with E-state index in [4.69, 9.17) is 4.18 Å². The molecule has 4 aromatic carbocycles. The van der Waals surface area contributed by atoms with Gasteiger partial charge in [-0.25, -0.2) is 0 Å². The number of nitrogens with zero attached hydrogens (tertiary/aromatic N) is 2. The van der Waals surface area contributed by atoms with Crippen molar-refractivity contribution in [2.24, 2.45) is 0 Å². The minimum atomic E-state index is -3.77. The molecule has 0 aliphatic heterocycles. The second-order valence-electron chi connectivity index (χ2n) is 7.40. The highest BCUT2D eigenvalue weighted by Crippen LogP contribution is 2.35. The Morgan fingerprint density at radius 2 is 0.969 bits per heavy atom. The van der Waals surface area contributed by atoms with Gasteiger partial charge in [-0.2, -0.15) is 12.7 Å². The van der Waals surface area contributed by atoms with Gasteiger partial charge in [0.25, 0.3) is 0 Å². The maximum Gasteiger partial charge on any atom is 0.384 e. The third-order valence-electron chi connectivity index (χ3n) is 4.99. The second-order valence-corrected chi connectivity index (χ2v) is 9.15. The van der Waals surface area contributed by atoms with Gasteiger partial charge in [0.1, 0.15) is 5.75 Å². The lowest BCUT2D eigenvalue weighted by Gasteiger charge is -2.25. The fourth-order valence-electron chi connectivity index (χ4n) is 3.30. The quantitative estimate of drug-likeness (QED) is 0.350. The summed E-state index contributed by atoms with van der Waals surface area (Å²) in [5, 5.41) is 0. The molecule has 0 aromatic heterocycles. The second kappa shape index (κ2) is 9.26. The molecule has 32 heavy (non-hydrogen) atoms. The van der Waals surface area contributed by atoms with Crippen LogP contribution in [0.25, 0.3) is 11.1 Å². The van der Waals surface area contributed by atoms with Gasteiger partial charge in [-0.05, 0) is 59.7 Å². The Bertz CT molecular complexity index is 1220. The first-order valence-corrected chi connectivity index (χ1v) is 11.5. The largest absolute Gasteiger partial charge is 0.384 e. The van der Waals surface area contributed by atoms with Crippen molar-refractivity contribution in [1.82, 2.24) is 4.31 Å². The van der Waals surface area contributed by atoms with E-state index in [1.54, 1.807) is 12.1 Å². The zero-order valence-electron chi connectivity index (χ0n) is 17.9. The molecule has 4 rings (SSSR count). The summed E-state index contributed by atoms with van der Waals surface area (Å²) in [5.74, 6) is 0.276. The third-order valence-corrected chi connectivity index (χ3v) is 6.29. The number of anilines is 3. The zero-order chi connectivity index (χ0) is 22.6. The Morgan fingerprint density at radius 3 is 1.41 bits per heavy atom. The van der Waals surface area contributed by atoms with Crippen molar-refractivity contribution in [1.29, 1.82) is 0 Å². The van der Waals surface area contributed by atoms with Gasteiger partial charge in [-0.15, -0.1) is 0 Å². The highest BCUT2D eigenvalue weighted by molar-refractivity contribution is 7.84. The van der Waals surface area contributed by atoms with E-state index in [0.29, 0.717) is 0 Å². The van der Waals surface area contributed by atoms with Crippen LogP contribution in [0.4, 0.5) is 17.1 Å². The summed E-state index contributed by atoms with van der Waals surface area (Å²) >= 11 is 0. The number of benzene rings is 4. The van der Waals surface area contributed by atoms with E-state index in [1.165, 1.54) is 14.1 Å². The van der Waals surface area contributed by atoms with Crippen molar-refractivity contribution in [3.05, 3.63) is 109 Å². The molecule has 4 aromatic rings. The van der Waals surface area contributed by atoms with Crippen molar-refractivity contribution < 1.29 is 12.6 Å². The number of rotatable bonds is 7. The molecule has 0 bridgehead atoms. The lowest BCUT2D eigenvalue weighted by Crippen LogP contribution is -2.26. The molecule has 0 radical (unpaired) electrons. The molecule has 0 amide bonds. The standard InChI is InChI=1S/C26H24N2O3S/c1-27(2)32(29,30)31-26-19-15-22(16-20-26)21-13-17-25(18-14-21)28(23-9-5-3-6-10-23)24-11-7-4-8-12-24/h3-20H,1-2H3. The number of hydrogen-bond donors (Lipinski definition) is 0. The molecular formula is C26H24N2O3S. The van der Waals surface area contributed by atoms with Gasteiger partial charge < -0.3 is 9.08 Å². The van der Waals surface area contributed by atoms with Gasteiger partial charge in [-0.1, -0.05) is 60.7 Å². The summed E-state index contributed by atoms with van der Waals surface area (Å²) in [5.41, 5.74) is 5.20. The van der Waals surface area contributed by atoms with E-state index in [-0.39, 0.29) is 5.75 Å². The topological polar surface area (TPSA) is 49.9 Å². The molecule has 0 atom stereocenters. The minimum Gasteiger partial charge on any atom is -0.371 e. The average Bonchev–Trinajstić information content (AvgIpc) is 2.81. The van der Waals surface area contributed by atoms with Crippen LogP contribution in [0.15, 0.2) is 109 Å². The first kappa shape index (κ1) is 21.6. The summed E-state index contributed by atoms with van der Waals surface area (Å²) in [6.07, 6.45) is 0. The summed E-state index contributed by atoms with van der Waals surface area (Å²) in [4.78, 5) is 2.20. The monoisotopic (exact) mass is 444 g/mol. The van der Waals surface area contributed by atoms with Crippen molar-refractivity contribution in [2.45, 2.75) is 0 Å². The maximum atomic E-state index is 11.9. The van der Waals surface area contributed by atoms with Crippen molar-refractivity contribution in [3.63, 3.8) is 0 Å². The highest BCUT2D eigenvalue weighted by atomic mass is 32.2. The van der Waals surface area contributed by atoms with E-state index in [1.807, 2.05) is 48.5 Å². The first-order chi connectivity index (χ1) is 15.4. The number of para-hydroxylation sites is 2. The Hall–Kier alpha value is -3.61. The van der Waals surface area contributed by atoms with Gasteiger partial charge in [0.05, 0.1) is 0 Å². The summed E-state index contributed by atoms with van der Waals surface area (Å²) in [6.45, 7) is 0.